The van der Waals surface area contributed by atoms with Gasteiger partial charge in [0.05, 0.1) is 0 Å². The zero-order valence-electron chi connectivity index (χ0n) is 17.1. The lowest BCUT2D eigenvalue weighted by atomic mass is 9.88. The Hall–Kier alpha value is -2.12. The van der Waals surface area contributed by atoms with E-state index in [1.807, 2.05) is 6.07 Å². The molecule has 28 heavy (non-hydrogen) atoms. The van der Waals surface area contributed by atoms with Gasteiger partial charge in [0.15, 0.2) is 10.1 Å². The molecule has 2 heterocycles. The Kier molecular flexibility index (Phi) is 6.25. The summed E-state index contributed by atoms with van der Waals surface area (Å²) in [5.41, 5.74) is 7.83. The van der Waals surface area contributed by atoms with E-state index in [1.54, 1.807) is 17.8 Å². The number of benzene rings is 1. The topological polar surface area (TPSA) is 68.0 Å². The van der Waals surface area contributed by atoms with Gasteiger partial charge >= 0.3 is 0 Å². The average molecular weight is 416 g/mol. The minimum absolute atomic E-state index is 0.283. The molecule has 3 rings (SSSR count). The third-order valence-electron chi connectivity index (χ3n) is 5.29. The second-order valence-electron chi connectivity index (χ2n) is 6.81. The van der Waals surface area contributed by atoms with Crippen molar-refractivity contribution in [3.63, 3.8) is 0 Å². The van der Waals surface area contributed by atoms with Crippen LogP contribution in [0.3, 0.4) is 0 Å². The number of hydrogen-bond donors (Lipinski definition) is 1. The second-order valence-corrected chi connectivity index (χ2v) is 9.30. The first kappa shape index (κ1) is 20.6. The van der Waals surface area contributed by atoms with E-state index in [-0.39, 0.29) is 11.7 Å². The fraction of sp³-hybridized carbons (Fsp3) is 0.381. The van der Waals surface area contributed by atoms with E-state index in [0.29, 0.717) is 11.6 Å². The van der Waals surface area contributed by atoms with E-state index in [9.17, 15) is 4.79 Å². The Balaban J connectivity index is 1.76. The van der Waals surface area contributed by atoms with Crippen molar-refractivity contribution in [1.29, 1.82) is 0 Å². The zero-order chi connectivity index (χ0) is 20.4. The van der Waals surface area contributed by atoms with E-state index in [0.717, 1.165) is 15.9 Å². The normalized spacial score (nSPS) is 11.1. The van der Waals surface area contributed by atoms with Gasteiger partial charge in [-0.15, -0.1) is 10.2 Å². The van der Waals surface area contributed by atoms with Gasteiger partial charge in [-0.2, -0.15) is 0 Å². The maximum absolute atomic E-state index is 12.5. The molecule has 0 fully saturated rings. The van der Waals surface area contributed by atoms with Gasteiger partial charge in [0.25, 0.3) is 5.91 Å². The van der Waals surface area contributed by atoms with Crippen LogP contribution < -0.4 is 5.32 Å². The summed E-state index contributed by atoms with van der Waals surface area (Å²) in [6, 6.07) is 3.59. The van der Waals surface area contributed by atoms with Crippen molar-refractivity contribution in [2.24, 2.45) is 0 Å². The summed E-state index contributed by atoms with van der Waals surface area (Å²) >= 11 is 2.97. The van der Waals surface area contributed by atoms with Crippen LogP contribution in [0.4, 0.5) is 5.13 Å². The van der Waals surface area contributed by atoms with Crippen LogP contribution >= 0.6 is 23.1 Å². The van der Waals surface area contributed by atoms with Crippen molar-refractivity contribution in [2.45, 2.75) is 52.3 Å². The predicted molar refractivity (Wildman–Crippen MR) is 116 cm³/mol. The lowest BCUT2D eigenvalue weighted by molar-refractivity contribution is 0.0995. The fourth-order valence-electron chi connectivity index (χ4n) is 3.21. The van der Waals surface area contributed by atoms with Gasteiger partial charge in [-0.25, -0.2) is 0 Å². The molecule has 2 aromatic heterocycles. The van der Waals surface area contributed by atoms with Crippen LogP contribution in [0, 0.1) is 34.6 Å². The second kappa shape index (κ2) is 8.49. The van der Waals surface area contributed by atoms with Crippen LogP contribution in [0.15, 0.2) is 20.9 Å². The summed E-state index contributed by atoms with van der Waals surface area (Å²) < 4.78 is 6.68. The van der Waals surface area contributed by atoms with E-state index < -0.39 is 0 Å². The number of nitrogens with one attached hydrogen (secondary N) is 1. The molecule has 0 radical (unpaired) electrons. The number of hydrogen-bond acceptors (Lipinski definition) is 6. The Labute approximate surface area is 174 Å². The Morgan fingerprint density at radius 3 is 2.32 bits per heavy atom. The first-order chi connectivity index (χ1) is 13.3. The predicted octanol–water partition coefficient (Wildman–Crippen LogP) is 5.63. The lowest BCUT2D eigenvalue weighted by Gasteiger charge is -2.18. The highest BCUT2D eigenvalue weighted by molar-refractivity contribution is 8.01. The molecule has 5 nitrogen and oxygen atoms in total. The molecule has 3 aromatic rings. The number of aromatic nitrogens is 2. The molecular formula is C21H25N3O2S2. The molecular weight excluding hydrogens is 390 g/mol. The quantitative estimate of drug-likeness (QED) is 0.417. The van der Waals surface area contributed by atoms with Crippen LogP contribution in [0.5, 0.6) is 0 Å². The van der Waals surface area contributed by atoms with E-state index in [1.165, 1.54) is 44.7 Å². The maximum Gasteiger partial charge on any atom is 0.293 e. The Morgan fingerprint density at radius 2 is 1.68 bits per heavy atom. The smallest absolute Gasteiger partial charge is 0.293 e. The monoisotopic (exact) mass is 415 g/mol. The number of carbonyl (C=O) groups excluding carboxylic acids is 1. The van der Waals surface area contributed by atoms with E-state index in [4.69, 9.17) is 4.42 Å². The number of amides is 1. The molecule has 0 bridgehead atoms. The molecule has 0 saturated heterocycles. The van der Waals surface area contributed by atoms with Crippen molar-refractivity contribution in [3.05, 3.63) is 57.0 Å². The molecule has 0 atom stereocenters. The average Bonchev–Trinajstić information content (AvgIpc) is 3.32. The third kappa shape index (κ3) is 4.15. The summed E-state index contributed by atoms with van der Waals surface area (Å²) in [7, 11) is 0. The number of anilines is 1. The highest BCUT2D eigenvalue weighted by Gasteiger charge is 2.17. The number of furan rings is 1. The molecule has 7 heteroatoms. The number of nitrogens with zero attached hydrogens (tertiary/aromatic N) is 2. The molecule has 1 amide bonds. The van der Waals surface area contributed by atoms with Gasteiger partial charge in [-0.1, -0.05) is 30.0 Å². The van der Waals surface area contributed by atoms with Gasteiger partial charge in [-0.05, 0) is 85.9 Å². The molecule has 1 N–H and O–H groups in total. The summed E-state index contributed by atoms with van der Waals surface area (Å²) in [5.74, 6) is 1.67. The standard InChI is InChI=1S/C21H25N3O2S2/c1-7-27-21-24-23-20(28-21)22-19(25)18-9-8-16(26-18)10-17-14(5)12(3)11(2)13(4)15(17)6/h8-9H,7,10H2,1-6H3,(H,22,23,25). The van der Waals surface area contributed by atoms with Crippen LogP contribution in [0.2, 0.25) is 0 Å². The zero-order valence-corrected chi connectivity index (χ0v) is 18.7. The third-order valence-corrected chi connectivity index (χ3v) is 7.14. The van der Waals surface area contributed by atoms with Crippen molar-refractivity contribution in [1.82, 2.24) is 10.2 Å². The molecule has 0 aliphatic heterocycles. The molecule has 0 unspecified atom stereocenters. The highest BCUT2D eigenvalue weighted by atomic mass is 32.2. The SMILES string of the molecule is CCSc1nnc(NC(=O)c2ccc(Cc3c(C)c(C)c(C)c(C)c3C)o2)s1. The lowest BCUT2D eigenvalue weighted by Crippen LogP contribution is -2.10. The Morgan fingerprint density at radius 1 is 1.04 bits per heavy atom. The maximum atomic E-state index is 12.5. The summed E-state index contributed by atoms with van der Waals surface area (Å²) in [4.78, 5) is 12.5. The number of thioether (sulfide) groups is 1. The van der Waals surface area contributed by atoms with Gasteiger partial charge in [0.2, 0.25) is 5.13 Å². The summed E-state index contributed by atoms with van der Waals surface area (Å²) in [6.07, 6.45) is 0.670. The van der Waals surface area contributed by atoms with Crippen LogP contribution in [-0.2, 0) is 6.42 Å². The number of rotatable bonds is 6. The minimum atomic E-state index is -0.305. The molecule has 148 valence electrons. The summed E-state index contributed by atoms with van der Waals surface area (Å²) in [5, 5.41) is 11.3. The largest absolute Gasteiger partial charge is 0.456 e. The number of carbonyl (C=O) groups is 1. The van der Waals surface area contributed by atoms with Crippen molar-refractivity contribution < 1.29 is 9.21 Å². The van der Waals surface area contributed by atoms with E-state index >= 15 is 0 Å². The minimum Gasteiger partial charge on any atom is -0.456 e. The fourth-order valence-corrected chi connectivity index (χ4v) is 4.86. The van der Waals surface area contributed by atoms with Crippen molar-refractivity contribution in [2.75, 3.05) is 11.1 Å². The van der Waals surface area contributed by atoms with Gasteiger partial charge in [-0.3, -0.25) is 10.1 Å². The Bertz CT molecular complexity index is 992. The van der Waals surface area contributed by atoms with Crippen molar-refractivity contribution >= 4 is 34.1 Å². The molecule has 0 aliphatic rings. The van der Waals surface area contributed by atoms with Crippen molar-refractivity contribution in [3.8, 4) is 0 Å². The molecule has 0 aliphatic carbocycles. The molecule has 1 aromatic carbocycles. The van der Waals surface area contributed by atoms with Gasteiger partial charge in [0, 0.05) is 6.42 Å². The van der Waals surface area contributed by atoms with Crippen LogP contribution in [-0.4, -0.2) is 21.9 Å². The van der Waals surface area contributed by atoms with E-state index in [2.05, 4.69) is 57.1 Å². The highest BCUT2D eigenvalue weighted by Crippen LogP contribution is 2.29. The van der Waals surface area contributed by atoms with Crippen LogP contribution in [0.25, 0.3) is 0 Å². The molecule has 0 saturated carbocycles. The van der Waals surface area contributed by atoms with Gasteiger partial charge in [0.1, 0.15) is 5.76 Å². The first-order valence-corrected chi connectivity index (χ1v) is 11.0. The van der Waals surface area contributed by atoms with Crippen LogP contribution in [0.1, 0.15) is 56.6 Å². The molecule has 0 spiro atoms. The van der Waals surface area contributed by atoms with Gasteiger partial charge < -0.3 is 4.42 Å². The first-order valence-electron chi connectivity index (χ1n) is 9.24. The summed E-state index contributed by atoms with van der Waals surface area (Å²) in [6.45, 7) is 12.9.